The van der Waals surface area contributed by atoms with E-state index in [1.807, 2.05) is 0 Å². The first-order valence-corrected chi connectivity index (χ1v) is 7.56. The molecule has 0 saturated heterocycles. The monoisotopic (exact) mass is 296 g/mol. The number of hydrogen-bond donors (Lipinski definition) is 0. The van der Waals surface area contributed by atoms with Crippen LogP contribution in [0, 0.1) is 5.92 Å². The fourth-order valence-electron chi connectivity index (χ4n) is 2.25. The van der Waals surface area contributed by atoms with Crippen LogP contribution < -0.4 is 0 Å². The molecule has 0 amide bonds. The zero-order chi connectivity index (χ0) is 11.3. The molecular formula is C12H22BrClO. The molecule has 15 heavy (non-hydrogen) atoms. The maximum Gasteiger partial charge on any atom is 0.0889 e. The first-order chi connectivity index (χ1) is 7.11. The lowest BCUT2D eigenvalue weighted by atomic mass is 9.85. The Bertz CT molecular complexity index is 176. The van der Waals surface area contributed by atoms with Crippen molar-refractivity contribution < 1.29 is 4.74 Å². The van der Waals surface area contributed by atoms with Gasteiger partial charge in [0.2, 0.25) is 0 Å². The van der Waals surface area contributed by atoms with E-state index in [0.29, 0.717) is 12.0 Å². The molecule has 1 saturated carbocycles. The summed E-state index contributed by atoms with van der Waals surface area (Å²) in [6.45, 7) is 4.28. The molecule has 0 aromatic carbocycles. The third-order valence-corrected chi connectivity index (χ3v) is 5.10. The average molecular weight is 298 g/mol. The van der Waals surface area contributed by atoms with Gasteiger partial charge in [-0.1, -0.05) is 35.2 Å². The first-order valence-electron chi connectivity index (χ1n) is 5.91. The predicted octanol–water partition coefficient (Wildman–Crippen LogP) is 4.36. The molecule has 1 fully saturated rings. The summed E-state index contributed by atoms with van der Waals surface area (Å²) in [5, 5.41) is 0.806. The minimum Gasteiger partial charge on any atom is -0.370 e. The molecule has 1 rings (SSSR count). The summed E-state index contributed by atoms with van der Waals surface area (Å²) in [5.41, 5.74) is -0.210. The van der Waals surface area contributed by atoms with Gasteiger partial charge in [0, 0.05) is 5.33 Å². The second kappa shape index (κ2) is 6.46. The third kappa shape index (κ3) is 4.24. The molecule has 1 aliphatic carbocycles. The van der Waals surface area contributed by atoms with E-state index in [1.165, 1.54) is 32.1 Å². The van der Waals surface area contributed by atoms with Gasteiger partial charge < -0.3 is 4.74 Å². The number of hydrogen-bond acceptors (Lipinski definition) is 1. The van der Waals surface area contributed by atoms with E-state index < -0.39 is 0 Å². The predicted molar refractivity (Wildman–Crippen MR) is 70.0 cm³/mol. The summed E-state index contributed by atoms with van der Waals surface area (Å²) in [7, 11) is 0. The quantitative estimate of drug-likeness (QED) is 0.685. The second-order valence-electron chi connectivity index (χ2n) is 4.94. The van der Waals surface area contributed by atoms with E-state index in [2.05, 4.69) is 29.8 Å². The van der Waals surface area contributed by atoms with E-state index in [9.17, 15) is 0 Å². The van der Waals surface area contributed by atoms with Crippen molar-refractivity contribution in [2.45, 2.75) is 57.7 Å². The SMILES string of the molecule is CC(OC(C)(CCl)CBr)C1CCCCC1. The van der Waals surface area contributed by atoms with Crippen LogP contribution in [0.5, 0.6) is 0 Å². The standard InChI is InChI=1S/C12H22BrClO/c1-10(11-6-4-3-5-7-11)15-12(2,8-13)9-14/h10-11H,3-9H2,1-2H3. The molecule has 90 valence electrons. The number of ether oxygens (including phenoxy) is 1. The van der Waals surface area contributed by atoms with Gasteiger partial charge in [-0.3, -0.25) is 0 Å². The summed E-state index contributed by atoms with van der Waals surface area (Å²) in [4.78, 5) is 0. The average Bonchev–Trinajstić information content (AvgIpc) is 2.30. The third-order valence-electron chi connectivity index (χ3n) is 3.35. The van der Waals surface area contributed by atoms with Gasteiger partial charge in [-0.2, -0.15) is 0 Å². The van der Waals surface area contributed by atoms with Gasteiger partial charge in [0.1, 0.15) is 0 Å². The van der Waals surface area contributed by atoms with Crippen LogP contribution in [0.3, 0.4) is 0 Å². The Kier molecular flexibility index (Phi) is 5.94. The Morgan fingerprint density at radius 1 is 1.40 bits per heavy atom. The summed E-state index contributed by atoms with van der Waals surface area (Å²) < 4.78 is 6.10. The Hall–Kier alpha value is 0.730. The number of halogens is 2. The molecule has 1 aliphatic rings. The topological polar surface area (TPSA) is 9.23 Å². The minimum absolute atomic E-state index is 0.210. The Labute approximate surface area is 107 Å². The molecule has 0 spiro atoms. The van der Waals surface area contributed by atoms with E-state index in [4.69, 9.17) is 16.3 Å². The molecule has 2 unspecified atom stereocenters. The molecule has 0 aliphatic heterocycles. The van der Waals surface area contributed by atoms with Gasteiger partial charge in [-0.15, -0.1) is 11.6 Å². The summed E-state index contributed by atoms with van der Waals surface area (Å²) >= 11 is 9.41. The van der Waals surface area contributed by atoms with Crippen LogP contribution in [0.15, 0.2) is 0 Å². The zero-order valence-electron chi connectivity index (χ0n) is 9.77. The molecule has 1 nitrogen and oxygen atoms in total. The van der Waals surface area contributed by atoms with Gasteiger partial charge >= 0.3 is 0 Å². The molecule has 0 bridgehead atoms. The lowest BCUT2D eigenvalue weighted by molar-refractivity contribution is -0.0763. The highest BCUT2D eigenvalue weighted by molar-refractivity contribution is 9.09. The van der Waals surface area contributed by atoms with E-state index >= 15 is 0 Å². The summed E-state index contributed by atoms with van der Waals surface area (Å²) in [6.07, 6.45) is 7.11. The Morgan fingerprint density at radius 2 is 2.00 bits per heavy atom. The van der Waals surface area contributed by atoms with Gasteiger partial charge in [0.05, 0.1) is 17.6 Å². The maximum absolute atomic E-state index is 6.10. The molecule has 0 N–H and O–H groups in total. The van der Waals surface area contributed by atoms with E-state index in [0.717, 1.165) is 11.2 Å². The van der Waals surface area contributed by atoms with Crippen LogP contribution in [0.2, 0.25) is 0 Å². The van der Waals surface area contributed by atoms with Gasteiger partial charge in [0.15, 0.2) is 0 Å². The largest absolute Gasteiger partial charge is 0.370 e. The van der Waals surface area contributed by atoms with Crippen LogP contribution >= 0.6 is 27.5 Å². The van der Waals surface area contributed by atoms with Gasteiger partial charge in [-0.05, 0) is 32.6 Å². The van der Waals surface area contributed by atoms with Crippen molar-refractivity contribution in [3.8, 4) is 0 Å². The minimum atomic E-state index is -0.210. The van der Waals surface area contributed by atoms with Crippen LogP contribution in [0.4, 0.5) is 0 Å². The lowest BCUT2D eigenvalue weighted by Gasteiger charge is -2.35. The van der Waals surface area contributed by atoms with Crippen molar-refractivity contribution in [3.63, 3.8) is 0 Å². The van der Waals surface area contributed by atoms with Crippen molar-refractivity contribution >= 4 is 27.5 Å². The summed E-state index contributed by atoms with van der Waals surface area (Å²) in [5.74, 6) is 1.29. The highest BCUT2D eigenvalue weighted by atomic mass is 79.9. The van der Waals surface area contributed by atoms with Crippen molar-refractivity contribution in [1.29, 1.82) is 0 Å². The molecule has 0 radical (unpaired) electrons. The lowest BCUT2D eigenvalue weighted by Crippen LogP contribution is -2.39. The van der Waals surface area contributed by atoms with Gasteiger partial charge in [0.25, 0.3) is 0 Å². The zero-order valence-corrected chi connectivity index (χ0v) is 12.1. The normalized spacial score (nSPS) is 24.8. The summed E-state index contributed by atoms with van der Waals surface area (Å²) in [6, 6.07) is 0. The van der Waals surface area contributed by atoms with Crippen molar-refractivity contribution in [3.05, 3.63) is 0 Å². The highest BCUT2D eigenvalue weighted by Crippen LogP contribution is 2.30. The molecule has 0 aromatic heterocycles. The fourth-order valence-corrected chi connectivity index (χ4v) is 2.96. The van der Waals surface area contributed by atoms with E-state index in [-0.39, 0.29) is 5.60 Å². The maximum atomic E-state index is 6.10. The Balaban J connectivity index is 2.41. The number of alkyl halides is 2. The van der Waals surface area contributed by atoms with Crippen LogP contribution in [0.1, 0.15) is 46.0 Å². The molecule has 0 aromatic rings. The molecular weight excluding hydrogens is 275 g/mol. The van der Waals surface area contributed by atoms with Crippen molar-refractivity contribution in [1.82, 2.24) is 0 Å². The van der Waals surface area contributed by atoms with Gasteiger partial charge in [-0.25, -0.2) is 0 Å². The Morgan fingerprint density at radius 3 is 2.47 bits per heavy atom. The number of rotatable bonds is 5. The van der Waals surface area contributed by atoms with Crippen molar-refractivity contribution in [2.24, 2.45) is 5.92 Å². The van der Waals surface area contributed by atoms with Crippen LogP contribution in [-0.2, 0) is 4.74 Å². The smallest absolute Gasteiger partial charge is 0.0889 e. The van der Waals surface area contributed by atoms with Crippen molar-refractivity contribution in [2.75, 3.05) is 11.2 Å². The molecule has 0 heterocycles. The van der Waals surface area contributed by atoms with Crippen LogP contribution in [0.25, 0.3) is 0 Å². The fraction of sp³-hybridized carbons (Fsp3) is 1.00. The molecule has 2 atom stereocenters. The second-order valence-corrected chi connectivity index (χ2v) is 5.77. The molecule has 3 heteroatoms. The van der Waals surface area contributed by atoms with Crippen LogP contribution in [-0.4, -0.2) is 22.9 Å². The van der Waals surface area contributed by atoms with E-state index in [1.54, 1.807) is 0 Å². The first kappa shape index (κ1) is 13.8. The highest BCUT2D eigenvalue weighted by Gasteiger charge is 2.29.